The smallest absolute Gasteiger partial charge is 0.250 e. The maximum absolute atomic E-state index is 13.8. The largest absolute Gasteiger partial charge is 0.366 e. The average molecular weight is 534 g/mol. The molecule has 40 heavy (non-hydrogen) atoms. The predicted octanol–water partition coefficient (Wildman–Crippen LogP) is 4.23. The van der Waals surface area contributed by atoms with Gasteiger partial charge in [-0.25, -0.2) is 4.98 Å². The molecule has 202 valence electrons. The van der Waals surface area contributed by atoms with Gasteiger partial charge in [0.25, 0.3) is 5.91 Å². The molecule has 4 aromatic rings. The molecule has 2 unspecified atom stereocenters. The summed E-state index contributed by atoms with van der Waals surface area (Å²) in [4.78, 5) is 45.8. The van der Waals surface area contributed by atoms with Gasteiger partial charge in [-0.1, -0.05) is 30.3 Å². The summed E-state index contributed by atoms with van der Waals surface area (Å²) in [6.45, 7) is 1.90. The molecular weight excluding hydrogens is 502 g/mol. The third-order valence-corrected chi connectivity index (χ3v) is 8.94. The Bertz CT molecular complexity index is 1710. The van der Waals surface area contributed by atoms with Crippen LogP contribution in [0, 0.1) is 12.8 Å². The van der Waals surface area contributed by atoms with Gasteiger partial charge in [0, 0.05) is 28.8 Å². The number of likely N-dealkylation sites (tertiary alicyclic amines) is 1. The molecule has 1 saturated carbocycles. The van der Waals surface area contributed by atoms with E-state index < -0.39 is 11.9 Å². The lowest BCUT2D eigenvalue weighted by Gasteiger charge is -2.34. The maximum Gasteiger partial charge on any atom is 0.250 e. The molecule has 1 aliphatic heterocycles. The lowest BCUT2D eigenvalue weighted by Crippen LogP contribution is -2.51. The summed E-state index contributed by atoms with van der Waals surface area (Å²) in [5.41, 5.74) is 12.6. The van der Waals surface area contributed by atoms with Crippen molar-refractivity contribution < 1.29 is 14.4 Å². The summed E-state index contributed by atoms with van der Waals surface area (Å²) in [5.74, 6) is -0.243. The third kappa shape index (κ3) is 4.06. The first-order valence-corrected chi connectivity index (χ1v) is 14.0. The average Bonchev–Trinajstić information content (AvgIpc) is 3.63. The number of fused-ring (bicyclic) bond motifs is 4. The summed E-state index contributed by atoms with van der Waals surface area (Å²) in [5, 5.41) is 3.65. The molecular formula is C32H31N5O3. The van der Waals surface area contributed by atoms with E-state index in [1.807, 2.05) is 37.3 Å². The van der Waals surface area contributed by atoms with Crippen LogP contribution in [0.3, 0.4) is 0 Å². The highest BCUT2D eigenvalue weighted by Crippen LogP contribution is 2.43. The van der Waals surface area contributed by atoms with Crippen molar-refractivity contribution in [1.29, 1.82) is 0 Å². The monoisotopic (exact) mass is 533 g/mol. The van der Waals surface area contributed by atoms with E-state index in [1.54, 1.807) is 21.7 Å². The number of aromatic nitrogens is 2. The summed E-state index contributed by atoms with van der Waals surface area (Å²) >= 11 is 0. The number of anilines is 1. The van der Waals surface area contributed by atoms with Gasteiger partial charge < -0.3 is 20.5 Å². The zero-order valence-electron chi connectivity index (χ0n) is 22.4. The molecule has 0 spiro atoms. The Balaban J connectivity index is 1.17. The Morgan fingerprint density at radius 3 is 2.55 bits per heavy atom. The number of nitrogens with two attached hydrogens (primary N) is 1. The molecule has 8 nitrogen and oxygen atoms in total. The summed E-state index contributed by atoms with van der Waals surface area (Å²) < 4.78 is 1.79. The quantitative estimate of drug-likeness (QED) is 0.387. The van der Waals surface area contributed by atoms with E-state index in [9.17, 15) is 14.4 Å². The van der Waals surface area contributed by atoms with E-state index in [0.29, 0.717) is 11.4 Å². The Hall–Kier alpha value is -4.46. The number of pyridine rings is 1. The lowest BCUT2D eigenvalue weighted by atomic mass is 9.86. The van der Waals surface area contributed by atoms with E-state index in [0.717, 1.165) is 59.8 Å². The number of hydrogen-bond donors (Lipinski definition) is 2. The van der Waals surface area contributed by atoms with Gasteiger partial charge in [-0.05, 0) is 91.5 Å². The molecule has 0 radical (unpaired) electrons. The number of amides is 3. The Labute approximate surface area is 232 Å². The van der Waals surface area contributed by atoms with Crippen LogP contribution in [0.5, 0.6) is 0 Å². The number of primary amides is 1. The first-order chi connectivity index (χ1) is 19.4. The van der Waals surface area contributed by atoms with Crippen molar-refractivity contribution >= 4 is 34.4 Å². The van der Waals surface area contributed by atoms with Crippen LogP contribution in [0.4, 0.5) is 5.82 Å². The summed E-state index contributed by atoms with van der Waals surface area (Å²) in [6.07, 6.45) is 6.54. The number of carbonyl (C=O) groups is 3. The van der Waals surface area contributed by atoms with Crippen molar-refractivity contribution in [2.75, 3.05) is 5.32 Å². The van der Waals surface area contributed by atoms with Gasteiger partial charge in [0.1, 0.15) is 18.4 Å². The first kappa shape index (κ1) is 24.6. The van der Waals surface area contributed by atoms with Crippen LogP contribution in [-0.2, 0) is 29.0 Å². The van der Waals surface area contributed by atoms with Crippen LogP contribution in [0.2, 0.25) is 0 Å². The maximum atomic E-state index is 13.8. The zero-order chi connectivity index (χ0) is 27.5. The number of carbonyl (C=O) groups excluding carboxylic acids is 3. The number of nitrogens with zero attached hydrogens (tertiary/aromatic N) is 3. The molecule has 2 fully saturated rings. The van der Waals surface area contributed by atoms with E-state index >= 15 is 0 Å². The lowest BCUT2D eigenvalue weighted by molar-refractivity contribution is -0.141. The third-order valence-electron chi connectivity index (χ3n) is 8.94. The van der Waals surface area contributed by atoms with Crippen molar-refractivity contribution in [3.8, 4) is 11.1 Å². The molecule has 3 atom stereocenters. The standard InChI is InChI=1S/C32H31N5O3/c1-18-3-2-4-28(34-18)35-32(40)30-23-9-11-24(14-23)37(30)29(38)17-36-16-26(31(33)39)25-15-22(10-12-27(25)36)21-8-6-19-5-7-20(19)13-21/h2-4,6,8,10,12-13,15-16,23-24,30H,5,7,9,11,14,17H2,1H3,(H2,33,39)(H,34,35,40)/t23?,24?,30-/m0/s1. The minimum Gasteiger partial charge on any atom is -0.366 e. The van der Waals surface area contributed by atoms with Crippen LogP contribution in [0.1, 0.15) is 46.4 Å². The number of aryl methyl sites for hydroxylation is 3. The Morgan fingerprint density at radius 1 is 1.00 bits per heavy atom. The molecule has 3 aliphatic rings. The highest BCUT2D eigenvalue weighted by Gasteiger charge is 2.51. The van der Waals surface area contributed by atoms with Gasteiger partial charge in [-0.2, -0.15) is 0 Å². The fourth-order valence-electron chi connectivity index (χ4n) is 6.90. The van der Waals surface area contributed by atoms with E-state index in [1.165, 1.54) is 11.1 Å². The SMILES string of the molecule is Cc1cccc(NC(=O)[C@@H]2C3CCC(C3)N2C(=O)Cn2cc(C(N)=O)c3cc(-c4ccc5c(c4)CC5)ccc32)n1. The fraction of sp³-hybridized carbons (Fsp3) is 0.312. The molecule has 2 aromatic heterocycles. The van der Waals surface area contributed by atoms with Gasteiger partial charge in [0.05, 0.1) is 5.56 Å². The van der Waals surface area contributed by atoms with Gasteiger partial charge in [-0.3, -0.25) is 14.4 Å². The van der Waals surface area contributed by atoms with Crippen LogP contribution in [0.25, 0.3) is 22.0 Å². The fourth-order valence-corrected chi connectivity index (χ4v) is 6.90. The Kier molecular flexibility index (Phi) is 5.73. The normalized spacial score (nSPS) is 20.8. The van der Waals surface area contributed by atoms with Crippen molar-refractivity contribution in [1.82, 2.24) is 14.5 Å². The molecule has 3 amide bonds. The molecule has 3 N–H and O–H groups in total. The van der Waals surface area contributed by atoms with Gasteiger partial charge in [0.15, 0.2) is 0 Å². The zero-order valence-corrected chi connectivity index (χ0v) is 22.4. The van der Waals surface area contributed by atoms with Crippen LogP contribution in [-0.4, -0.2) is 44.3 Å². The number of hydrogen-bond acceptors (Lipinski definition) is 4. The van der Waals surface area contributed by atoms with Gasteiger partial charge >= 0.3 is 0 Å². The van der Waals surface area contributed by atoms with Gasteiger partial charge in [-0.15, -0.1) is 0 Å². The van der Waals surface area contributed by atoms with Crippen molar-refractivity contribution in [3.63, 3.8) is 0 Å². The number of rotatable bonds is 6. The molecule has 2 aliphatic carbocycles. The first-order valence-electron chi connectivity index (χ1n) is 14.0. The van der Waals surface area contributed by atoms with E-state index in [4.69, 9.17) is 5.73 Å². The minimum absolute atomic E-state index is 0.0255. The van der Waals surface area contributed by atoms with E-state index in [2.05, 4.69) is 28.5 Å². The van der Waals surface area contributed by atoms with E-state index in [-0.39, 0.29) is 30.3 Å². The second-order valence-electron chi connectivity index (χ2n) is 11.4. The second kappa shape index (κ2) is 9.33. The molecule has 7 rings (SSSR count). The Morgan fingerprint density at radius 2 is 1.80 bits per heavy atom. The highest BCUT2D eigenvalue weighted by atomic mass is 16.2. The second-order valence-corrected chi connectivity index (χ2v) is 11.4. The molecule has 8 heteroatoms. The van der Waals surface area contributed by atoms with Crippen molar-refractivity contribution in [2.45, 2.75) is 57.7 Å². The molecule has 1 saturated heterocycles. The van der Waals surface area contributed by atoms with Crippen molar-refractivity contribution in [2.24, 2.45) is 11.7 Å². The number of nitrogens with one attached hydrogen (secondary N) is 1. The molecule has 2 aromatic carbocycles. The topological polar surface area (TPSA) is 110 Å². The summed E-state index contributed by atoms with van der Waals surface area (Å²) in [7, 11) is 0. The number of piperidine rings is 1. The number of benzene rings is 2. The summed E-state index contributed by atoms with van der Waals surface area (Å²) in [6, 6.07) is 17.5. The predicted molar refractivity (Wildman–Crippen MR) is 153 cm³/mol. The minimum atomic E-state index is -0.534. The van der Waals surface area contributed by atoms with Crippen LogP contribution < -0.4 is 11.1 Å². The van der Waals surface area contributed by atoms with Crippen LogP contribution in [0.15, 0.2) is 60.8 Å². The van der Waals surface area contributed by atoms with Gasteiger partial charge in [0.2, 0.25) is 11.8 Å². The van der Waals surface area contributed by atoms with Crippen molar-refractivity contribution in [3.05, 3.63) is 83.2 Å². The van der Waals surface area contributed by atoms with Crippen LogP contribution >= 0.6 is 0 Å². The molecule has 3 heterocycles. The molecule has 2 bridgehead atoms. The highest BCUT2D eigenvalue weighted by molar-refractivity contribution is 6.07.